The highest BCUT2D eigenvalue weighted by molar-refractivity contribution is 7.80. The molecule has 0 heterocycles. The molecule has 0 spiro atoms. The van der Waals surface area contributed by atoms with Crippen molar-refractivity contribution in [2.45, 2.75) is 6.04 Å². The molecule has 0 saturated carbocycles. The second-order valence-corrected chi connectivity index (χ2v) is 3.28. The van der Waals surface area contributed by atoms with E-state index in [2.05, 4.69) is 0 Å². The molecule has 1 rings (SSSR count). The first-order chi connectivity index (χ1) is 6.56. The monoisotopic (exact) mass is 212 g/mol. The van der Waals surface area contributed by atoms with Gasteiger partial charge >= 0.3 is 0 Å². The number of hydrogen-bond donors (Lipinski definition) is 3. The summed E-state index contributed by atoms with van der Waals surface area (Å²) in [6.07, 6.45) is 0. The molecular formula is C9H12N2O2S. The standard InChI is InChI=1S/C9H12N2O2S/c1-13-7-4-5(2-3-6(7)12)8(10)9(11)14/h2-4,8,12H,10H2,1H3,(H2,11,14). The van der Waals surface area contributed by atoms with Gasteiger partial charge in [0.15, 0.2) is 11.5 Å². The highest BCUT2D eigenvalue weighted by atomic mass is 32.1. The van der Waals surface area contributed by atoms with Gasteiger partial charge in [0, 0.05) is 0 Å². The fraction of sp³-hybridized carbons (Fsp3) is 0.222. The van der Waals surface area contributed by atoms with Crippen molar-refractivity contribution in [2.24, 2.45) is 11.5 Å². The van der Waals surface area contributed by atoms with Crippen molar-refractivity contribution in [3.8, 4) is 11.5 Å². The molecule has 5 heteroatoms. The van der Waals surface area contributed by atoms with Crippen LogP contribution in [0.4, 0.5) is 0 Å². The number of phenolic OH excluding ortho intramolecular Hbond substituents is 1. The Morgan fingerprint density at radius 3 is 2.71 bits per heavy atom. The summed E-state index contributed by atoms with van der Waals surface area (Å²) >= 11 is 4.76. The molecule has 0 radical (unpaired) electrons. The van der Waals surface area contributed by atoms with Crippen molar-refractivity contribution in [1.29, 1.82) is 0 Å². The average Bonchev–Trinajstić information content (AvgIpc) is 2.17. The molecule has 14 heavy (non-hydrogen) atoms. The summed E-state index contributed by atoms with van der Waals surface area (Å²) in [4.78, 5) is 0.206. The fourth-order valence-corrected chi connectivity index (χ4v) is 1.19. The number of ether oxygens (including phenoxy) is 1. The van der Waals surface area contributed by atoms with E-state index in [0.29, 0.717) is 11.3 Å². The Kier molecular flexibility index (Phi) is 3.27. The van der Waals surface area contributed by atoms with E-state index in [1.165, 1.54) is 13.2 Å². The van der Waals surface area contributed by atoms with Gasteiger partial charge in [0.1, 0.15) is 0 Å². The van der Waals surface area contributed by atoms with Crippen LogP contribution in [0.5, 0.6) is 11.5 Å². The van der Waals surface area contributed by atoms with Gasteiger partial charge < -0.3 is 21.3 Å². The molecule has 0 saturated heterocycles. The molecule has 5 N–H and O–H groups in total. The predicted octanol–water partition coefficient (Wildman–Crippen LogP) is 0.687. The summed E-state index contributed by atoms with van der Waals surface area (Å²) in [6.45, 7) is 0. The Morgan fingerprint density at radius 2 is 2.21 bits per heavy atom. The van der Waals surface area contributed by atoms with Gasteiger partial charge in [0.05, 0.1) is 18.1 Å². The van der Waals surface area contributed by atoms with Crippen LogP contribution in [-0.4, -0.2) is 17.2 Å². The second kappa shape index (κ2) is 4.26. The van der Waals surface area contributed by atoms with Gasteiger partial charge in [-0.1, -0.05) is 18.3 Å². The first-order valence-corrected chi connectivity index (χ1v) is 4.39. The van der Waals surface area contributed by atoms with E-state index in [9.17, 15) is 5.11 Å². The minimum Gasteiger partial charge on any atom is -0.504 e. The van der Waals surface area contributed by atoms with Crippen LogP contribution in [0.25, 0.3) is 0 Å². The lowest BCUT2D eigenvalue weighted by Gasteiger charge is -2.11. The van der Waals surface area contributed by atoms with Gasteiger partial charge in [-0.05, 0) is 17.7 Å². The molecule has 0 aromatic heterocycles. The zero-order valence-electron chi connectivity index (χ0n) is 7.73. The molecule has 0 aliphatic carbocycles. The number of nitrogens with two attached hydrogens (primary N) is 2. The maximum absolute atomic E-state index is 9.33. The van der Waals surface area contributed by atoms with E-state index in [0.717, 1.165) is 0 Å². The SMILES string of the molecule is COc1cc(C(N)C(N)=S)ccc1O. The van der Waals surface area contributed by atoms with Crippen molar-refractivity contribution in [3.63, 3.8) is 0 Å². The molecule has 0 bridgehead atoms. The molecule has 1 unspecified atom stereocenters. The van der Waals surface area contributed by atoms with E-state index < -0.39 is 6.04 Å². The lowest BCUT2D eigenvalue weighted by molar-refractivity contribution is 0.373. The van der Waals surface area contributed by atoms with Crippen molar-refractivity contribution in [3.05, 3.63) is 23.8 Å². The summed E-state index contributed by atoms with van der Waals surface area (Å²) in [7, 11) is 1.46. The molecule has 76 valence electrons. The normalized spacial score (nSPS) is 12.1. The maximum Gasteiger partial charge on any atom is 0.160 e. The Balaban J connectivity index is 3.06. The number of aromatic hydroxyl groups is 1. The first kappa shape index (κ1) is 10.7. The van der Waals surface area contributed by atoms with Crippen LogP contribution in [0.2, 0.25) is 0 Å². The third-order valence-corrected chi connectivity index (χ3v) is 2.12. The molecule has 0 amide bonds. The Labute approximate surface area is 87.5 Å². The molecule has 1 aromatic carbocycles. The number of rotatable bonds is 3. The quantitative estimate of drug-likeness (QED) is 0.642. The number of thiocarbonyl (C=S) groups is 1. The van der Waals surface area contributed by atoms with Crippen LogP contribution in [0.3, 0.4) is 0 Å². The summed E-state index contributed by atoms with van der Waals surface area (Å²) in [5, 5.41) is 9.33. The molecule has 0 aliphatic rings. The van der Waals surface area contributed by atoms with Crippen molar-refractivity contribution in [2.75, 3.05) is 7.11 Å². The lowest BCUT2D eigenvalue weighted by atomic mass is 10.1. The number of benzene rings is 1. The largest absolute Gasteiger partial charge is 0.504 e. The summed E-state index contributed by atoms with van der Waals surface area (Å²) in [5.74, 6) is 0.417. The van der Waals surface area contributed by atoms with Gasteiger partial charge in [-0.3, -0.25) is 0 Å². The molecule has 4 nitrogen and oxygen atoms in total. The van der Waals surface area contributed by atoms with Crippen LogP contribution >= 0.6 is 12.2 Å². The Bertz CT molecular complexity index is 355. The molecular weight excluding hydrogens is 200 g/mol. The summed E-state index contributed by atoms with van der Waals surface area (Å²) < 4.78 is 4.93. The lowest BCUT2D eigenvalue weighted by Crippen LogP contribution is -2.26. The van der Waals surface area contributed by atoms with Crippen LogP contribution in [0.1, 0.15) is 11.6 Å². The third-order valence-electron chi connectivity index (χ3n) is 1.87. The molecule has 1 atom stereocenters. The van der Waals surface area contributed by atoms with E-state index in [4.69, 9.17) is 28.4 Å². The predicted molar refractivity (Wildman–Crippen MR) is 58.4 cm³/mol. The highest BCUT2D eigenvalue weighted by Crippen LogP contribution is 2.28. The second-order valence-electron chi connectivity index (χ2n) is 2.81. The van der Waals surface area contributed by atoms with Crippen LogP contribution in [0, 0.1) is 0 Å². The smallest absolute Gasteiger partial charge is 0.160 e. The van der Waals surface area contributed by atoms with E-state index in [1.54, 1.807) is 12.1 Å². The van der Waals surface area contributed by atoms with Gasteiger partial charge in [-0.25, -0.2) is 0 Å². The highest BCUT2D eigenvalue weighted by Gasteiger charge is 2.11. The zero-order chi connectivity index (χ0) is 10.7. The van der Waals surface area contributed by atoms with E-state index in [1.807, 2.05) is 0 Å². The number of phenols is 1. The molecule has 0 aliphatic heterocycles. The number of hydrogen-bond acceptors (Lipinski definition) is 4. The number of methoxy groups -OCH3 is 1. The molecule has 0 fully saturated rings. The van der Waals surface area contributed by atoms with Crippen LogP contribution in [-0.2, 0) is 0 Å². The summed E-state index contributed by atoms with van der Waals surface area (Å²) in [6, 6.07) is 4.24. The van der Waals surface area contributed by atoms with Crippen molar-refractivity contribution < 1.29 is 9.84 Å². The van der Waals surface area contributed by atoms with Crippen LogP contribution < -0.4 is 16.2 Å². The fourth-order valence-electron chi connectivity index (χ4n) is 1.05. The minimum absolute atomic E-state index is 0.0615. The van der Waals surface area contributed by atoms with Crippen molar-refractivity contribution >= 4 is 17.2 Å². The Hall–Kier alpha value is -1.33. The van der Waals surface area contributed by atoms with Crippen LogP contribution in [0.15, 0.2) is 18.2 Å². The van der Waals surface area contributed by atoms with E-state index >= 15 is 0 Å². The minimum atomic E-state index is -0.514. The summed E-state index contributed by atoms with van der Waals surface area (Å²) in [5.41, 5.74) is 11.8. The van der Waals surface area contributed by atoms with Gasteiger partial charge in [0.2, 0.25) is 0 Å². The topological polar surface area (TPSA) is 81.5 Å². The molecule has 1 aromatic rings. The maximum atomic E-state index is 9.33. The zero-order valence-corrected chi connectivity index (χ0v) is 8.54. The average molecular weight is 212 g/mol. The van der Waals surface area contributed by atoms with Gasteiger partial charge in [0.25, 0.3) is 0 Å². The van der Waals surface area contributed by atoms with Crippen molar-refractivity contribution in [1.82, 2.24) is 0 Å². The van der Waals surface area contributed by atoms with Gasteiger partial charge in [-0.15, -0.1) is 0 Å². The van der Waals surface area contributed by atoms with Gasteiger partial charge in [-0.2, -0.15) is 0 Å². The Morgan fingerprint density at radius 1 is 1.57 bits per heavy atom. The third kappa shape index (κ3) is 2.12. The van der Waals surface area contributed by atoms with E-state index in [-0.39, 0.29) is 10.7 Å². The first-order valence-electron chi connectivity index (χ1n) is 3.98.